The number of rotatable bonds is 7. The van der Waals surface area contributed by atoms with Crippen LogP contribution in [0, 0.1) is 6.92 Å². The van der Waals surface area contributed by atoms with Gasteiger partial charge in [0.2, 0.25) is 0 Å². The fourth-order valence-corrected chi connectivity index (χ4v) is 2.99. The number of aromatic nitrogens is 2. The molecule has 0 aromatic carbocycles. The third kappa shape index (κ3) is 4.49. The van der Waals surface area contributed by atoms with Crippen molar-refractivity contribution in [3.05, 3.63) is 40.0 Å². The van der Waals surface area contributed by atoms with Crippen LogP contribution in [0.2, 0.25) is 0 Å². The van der Waals surface area contributed by atoms with Gasteiger partial charge in [-0.15, -0.1) is 11.3 Å². The van der Waals surface area contributed by atoms with Crippen LogP contribution >= 0.6 is 23.1 Å². The van der Waals surface area contributed by atoms with Gasteiger partial charge in [0, 0.05) is 22.6 Å². The van der Waals surface area contributed by atoms with E-state index >= 15 is 0 Å². The molecule has 2 rings (SSSR count). The number of thioether (sulfide) groups is 1. The van der Waals surface area contributed by atoms with E-state index in [1.807, 2.05) is 24.7 Å². The number of aryl methyl sites for hydroxylation is 1. The lowest BCUT2D eigenvalue weighted by atomic mass is 10.3. The van der Waals surface area contributed by atoms with Crippen LogP contribution in [0.4, 0.5) is 5.82 Å². The van der Waals surface area contributed by atoms with Crippen LogP contribution in [-0.4, -0.2) is 27.4 Å². The number of aliphatic hydroxyl groups is 1. The molecule has 0 aliphatic carbocycles. The zero-order valence-electron chi connectivity index (χ0n) is 10.8. The molecule has 0 saturated heterocycles. The standard InChI is InChI=1S/C13H17N3OS2/c1-10-12(19-9-16-10)7-15-13-6-11(2-3-14-13)8-18-5-4-17/h2-3,6,9,17H,4-5,7-8H2,1H3,(H,14,15). The van der Waals surface area contributed by atoms with Gasteiger partial charge >= 0.3 is 0 Å². The first-order valence-corrected chi connectivity index (χ1v) is 8.09. The lowest BCUT2D eigenvalue weighted by Crippen LogP contribution is -2.01. The SMILES string of the molecule is Cc1ncsc1CNc1cc(CSCCO)ccn1. The Morgan fingerprint density at radius 2 is 2.32 bits per heavy atom. The first kappa shape index (κ1) is 14.3. The van der Waals surface area contributed by atoms with E-state index in [0.717, 1.165) is 29.6 Å². The number of hydrogen-bond acceptors (Lipinski definition) is 6. The topological polar surface area (TPSA) is 58.0 Å². The Morgan fingerprint density at radius 1 is 1.42 bits per heavy atom. The highest BCUT2D eigenvalue weighted by Crippen LogP contribution is 2.17. The molecule has 6 heteroatoms. The molecule has 0 fully saturated rings. The van der Waals surface area contributed by atoms with Crippen LogP contribution in [0.5, 0.6) is 0 Å². The second-order valence-electron chi connectivity index (χ2n) is 4.04. The normalized spacial score (nSPS) is 10.6. The molecule has 0 aliphatic heterocycles. The molecule has 2 aromatic rings. The molecule has 19 heavy (non-hydrogen) atoms. The average Bonchev–Trinajstić information content (AvgIpc) is 2.83. The number of aliphatic hydroxyl groups excluding tert-OH is 1. The second kappa shape index (κ2) is 7.47. The van der Waals surface area contributed by atoms with Crippen molar-refractivity contribution in [2.45, 2.75) is 19.2 Å². The van der Waals surface area contributed by atoms with Crippen LogP contribution in [0.15, 0.2) is 23.8 Å². The predicted octanol–water partition coefficient (Wildman–Crippen LogP) is 2.68. The first-order chi connectivity index (χ1) is 9.29. The molecule has 0 unspecified atom stereocenters. The van der Waals surface area contributed by atoms with Gasteiger partial charge in [0.15, 0.2) is 0 Å². The molecule has 0 saturated carbocycles. The quantitative estimate of drug-likeness (QED) is 0.769. The molecule has 0 radical (unpaired) electrons. The Kier molecular flexibility index (Phi) is 5.62. The summed E-state index contributed by atoms with van der Waals surface area (Å²) in [5, 5.41) is 12.1. The van der Waals surface area contributed by atoms with Crippen molar-refractivity contribution in [2.24, 2.45) is 0 Å². The summed E-state index contributed by atoms with van der Waals surface area (Å²) in [5.41, 5.74) is 4.16. The molecule has 2 aromatic heterocycles. The summed E-state index contributed by atoms with van der Waals surface area (Å²) in [6.45, 7) is 3.01. The maximum Gasteiger partial charge on any atom is 0.126 e. The predicted molar refractivity (Wildman–Crippen MR) is 81.7 cm³/mol. The Bertz CT molecular complexity index is 516. The van der Waals surface area contributed by atoms with Crippen molar-refractivity contribution in [1.82, 2.24) is 9.97 Å². The Hall–Kier alpha value is -1.11. The van der Waals surface area contributed by atoms with Crippen LogP contribution in [-0.2, 0) is 12.3 Å². The molecular formula is C13H17N3OS2. The molecule has 0 atom stereocenters. The summed E-state index contributed by atoms with van der Waals surface area (Å²) in [5.74, 6) is 2.55. The minimum atomic E-state index is 0.228. The van der Waals surface area contributed by atoms with Crippen molar-refractivity contribution in [1.29, 1.82) is 0 Å². The van der Waals surface area contributed by atoms with Crippen molar-refractivity contribution >= 4 is 28.9 Å². The Labute approximate surface area is 121 Å². The molecule has 2 N–H and O–H groups in total. The minimum absolute atomic E-state index is 0.228. The number of pyridine rings is 1. The first-order valence-electron chi connectivity index (χ1n) is 6.06. The lowest BCUT2D eigenvalue weighted by molar-refractivity contribution is 0.322. The highest BCUT2D eigenvalue weighted by Gasteiger charge is 2.02. The highest BCUT2D eigenvalue weighted by atomic mass is 32.2. The van der Waals surface area contributed by atoms with E-state index in [2.05, 4.69) is 21.4 Å². The van der Waals surface area contributed by atoms with Crippen LogP contribution in [0.25, 0.3) is 0 Å². The van der Waals surface area contributed by atoms with Crippen molar-refractivity contribution < 1.29 is 5.11 Å². The fraction of sp³-hybridized carbons (Fsp3) is 0.385. The molecule has 0 spiro atoms. The zero-order chi connectivity index (χ0) is 13.5. The number of nitrogens with zero attached hydrogens (tertiary/aromatic N) is 2. The summed E-state index contributed by atoms with van der Waals surface area (Å²) in [6.07, 6.45) is 1.82. The molecule has 102 valence electrons. The summed E-state index contributed by atoms with van der Waals surface area (Å²) < 4.78 is 0. The molecule has 0 aliphatic rings. The van der Waals surface area contributed by atoms with Gasteiger partial charge in [-0.1, -0.05) is 0 Å². The van der Waals surface area contributed by atoms with Gasteiger partial charge in [0.05, 0.1) is 24.4 Å². The summed E-state index contributed by atoms with van der Waals surface area (Å²) in [7, 11) is 0. The van der Waals surface area contributed by atoms with Gasteiger partial charge in [-0.3, -0.25) is 0 Å². The van der Waals surface area contributed by atoms with E-state index in [0.29, 0.717) is 0 Å². The van der Waals surface area contributed by atoms with Gasteiger partial charge in [0.25, 0.3) is 0 Å². The van der Waals surface area contributed by atoms with E-state index < -0.39 is 0 Å². The van der Waals surface area contributed by atoms with Gasteiger partial charge in [-0.05, 0) is 24.6 Å². The van der Waals surface area contributed by atoms with E-state index in [4.69, 9.17) is 5.11 Å². The number of hydrogen-bond donors (Lipinski definition) is 2. The van der Waals surface area contributed by atoms with Crippen LogP contribution in [0.3, 0.4) is 0 Å². The van der Waals surface area contributed by atoms with Crippen molar-refractivity contribution in [3.8, 4) is 0 Å². The lowest BCUT2D eigenvalue weighted by Gasteiger charge is -2.06. The maximum absolute atomic E-state index is 8.76. The average molecular weight is 295 g/mol. The number of thiazole rings is 1. The summed E-state index contributed by atoms with van der Waals surface area (Å²) in [6, 6.07) is 4.06. The van der Waals surface area contributed by atoms with E-state index in [1.54, 1.807) is 23.1 Å². The molecule has 0 bridgehead atoms. The zero-order valence-corrected chi connectivity index (χ0v) is 12.4. The molecule has 2 heterocycles. The van der Waals surface area contributed by atoms with Gasteiger partial charge in [0.1, 0.15) is 5.82 Å². The summed E-state index contributed by atoms with van der Waals surface area (Å²) in [4.78, 5) is 9.78. The van der Waals surface area contributed by atoms with Gasteiger partial charge in [-0.2, -0.15) is 11.8 Å². The second-order valence-corrected chi connectivity index (χ2v) is 6.08. The number of nitrogens with one attached hydrogen (secondary N) is 1. The van der Waals surface area contributed by atoms with Crippen molar-refractivity contribution in [3.63, 3.8) is 0 Å². The maximum atomic E-state index is 8.76. The number of anilines is 1. The van der Waals surface area contributed by atoms with E-state index in [-0.39, 0.29) is 6.61 Å². The monoisotopic (exact) mass is 295 g/mol. The van der Waals surface area contributed by atoms with Crippen LogP contribution in [0.1, 0.15) is 16.1 Å². The van der Waals surface area contributed by atoms with E-state index in [9.17, 15) is 0 Å². The molecule has 4 nitrogen and oxygen atoms in total. The minimum Gasteiger partial charge on any atom is -0.396 e. The van der Waals surface area contributed by atoms with Gasteiger partial charge < -0.3 is 10.4 Å². The summed E-state index contributed by atoms with van der Waals surface area (Å²) >= 11 is 3.38. The third-order valence-electron chi connectivity index (χ3n) is 2.60. The smallest absolute Gasteiger partial charge is 0.126 e. The Morgan fingerprint density at radius 3 is 3.05 bits per heavy atom. The highest BCUT2D eigenvalue weighted by molar-refractivity contribution is 7.98. The largest absolute Gasteiger partial charge is 0.396 e. The third-order valence-corrected chi connectivity index (χ3v) is 4.55. The molecular weight excluding hydrogens is 278 g/mol. The van der Waals surface area contributed by atoms with Gasteiger partial charge in [-0.25, -0.2) is 9.97 Å². The Balaban J connectivity index is 1.90. The van der Waals surface area contributed by atoms with Crippen LogP contribution < -0.4 is 5.32 Å². The fourth-order valence-electron chi connectivity index (χ4n) is 1.58. The van der Waals surface area contributed by atoms with E-state index in [1.165, 1.54) is 10.4 Å². The molecule has 0 amide bonds. The van der Waals surface area contributed by atoms with Crippen molar-refractivity contribution in [2.75, 3.05) is 17.7 Å².